The first kappa shape index (κ1) is 20.9. The van der Waals surface area contributed by atoms with Crippen LogP contribution in [0, 0.1) is 0 Å². The molecule has 0 unspecified atom stereocenters. The van der Waals surface area contributed by atoms with Crippen molar-refractivity contribution in [2.24, 2.45) is 10.2 Å². The van der Waals surface area contributed by atoms with Crippen molar-refractivity contribution in [3.63, 3.8) is 0 Å². The van der Waals surface area contributed by atoms with Crippen LogP contribution in [0.5, 0.6) is 11.5 Å². The number of phenols is 1. The Morgan fingerprint density at radius 3 is 2.06 bits per heavy atom. The standard InChI is InChI=1S/C26H27N5O2/c1-2-33-23-17-20-21(29-27-18-9-5-3-6-10-18)13-15-31-16-14-22(24(25(20)31)26(23)32)30-28-19-11-7-4-8-12-19/h3-12,17,27-28,32H,2,13-16H2,1H3/b29-21+,30-22+. The zero-order valence-corrected chi connectivity index (χ0v) is 18.6. The van der Waals surface area contributed by atoms with E-state index in [2.05, 4.69) is 20.9 Å². The van der Waals surface area contributed by atoms with Gasteiger partial charge in [0.1, 0.15) is 0 Å². The summed E-state index contributed by atoms with van der Waals surface area (Å²) in [5.74, 6) is 0.584. The van der Waals surface area contributed by atoms with E-state index in [-0.39, 0.29) is 5.75 Å². The normalized spacial score (nSPS) is 17.1. The molecule has 0 bridgehead atoms. The van der Waals surface area contributed by atoms with Gasteiger partial charge in [0.2, 0.25) is 0 Å². The Morgan fingerprint density at radius 2 is 1.45 bits per heavy atom. The Labute approximate surface area is 193 Å². The van der Waals surface area contributed by atoms with E-state index in [4.69, 9.17) is 9.84 Å². The van der Waals surface area contributed by atoms with Crippen molar-refractivity contribution in [3.05, 3.63) is 77.9 Å². The predicted octanol–water partition coefficient (Wildman–Crippen LogP) is 5.04. The van der Waals surface area contributed by atoms with Gasteiger partial charge in [-0.2, -0.15) is 10.2 Å². The molecule has 7 nitrogen and oxygen atoms in total. The molecule has 3 aromatic carbocycles. The van der Waals surface area contributed by atoms with Gasteiger partial charge < -0.3 is 14.7 Å². The molecular formula is C26H27N5O2. The Bertz CT molecular complexity index is 1190. The summed E-state index contributed by atoms with van der Waals surface area (Å²) in [6.07, 6.45) is 1.53. The fourth-order valence-electron chi connectivity index (χ4n) is 4.32. The number of rotatable bonds is 6. The summed E-state index contributed by atoms with van der Waals surface area (Å²) < 4.78 is 5.81. The Balaban J connectivity index is 1.58. The van der Waals surface area contributed by atoms with Crippen molar-refractivity contribution in [2.75, 3.05) is 35.4 Å². The molecule has 5 rings (SSSR count). The minimum Gasteiger partial charge on any atom is -0.504 e. The van der Waals surface area contributed by atoms with Crippen LogP contribution >= 0.6 is 0 Å². The molecule has 0 saturated heterocycles. The molecule has 2 heterocycles. The summed E-state index contributed by atoms with van der Waals surface area (Å²) in [6.45, 7) is 4.04. The third-order valence-corrected chi connectivity index (χ3v) is 5.88. The largest absolute Gasteiger partial charge is 0.504 e. The van der Waals surface area contributed by atoms with Crippen LogP contribution in [0.25, 0.3) is 0 Å². The smallest absolute Gasteiger partial charge is 0.169 e. The molecule has 0 radical (unpaired) electrons. The number of aromatic hydroxyl groups is 1. The van der Waals surface area contributed by atoms with Gasteiger partial charge in [0.15, 0.2) is 11.5 Å². The number of phenolic OH excluding ortho intramolecular Hbond substituents is 1. The van der Waals surface area contributed by atoms with Gasteiger partial charge in [-0.15, -0.1) is 0 Å². The number of hydrogen-bond acceptors (Lipinski definition) is 7. The van der Waals surface area contributed by atoms with Gasteiger partial charge in [-0.05, 0) is 37.3 Å². The van der Waals surface area contributed by atoms with E-state index in [0.29, 0.717) is 12.4 Å². The first-order valence-corrected chi connectivity index (χ1v) is 11.3. The molecule has 7 heteroatoms. The van der Waals surface area contributed by atoms with Crippen molar-refractivity contribution >= 4 is 28.5 Å². The van der Waals surface area contributed by atoms with Crippen LogP contribution in [-0.4, -0.2) is 36.2 Å². The van der Waals surface area contributed by atoms with Gasteiger partial charge in [0.25, 0.3) is 0 Å². The number of nitrogens with one attached hydrogen (secondary N) is 2. The molecule has 0 fully saturated rings. The second kappa shape index (κ2) is 9.24. The maximum atomic E-state index is 11.2. The quantitative estimate of drug-likeness (QED) is 0.467. The molecular weight excluding hydrogens is 414 g/mol. The molecule has 0 aromatic heterocycles. The number of hydrazone groups is 2. The molecule has 2 aliphatic heterocycles. The number of benzene rings is 3. The predicted molar refractivity (Wildman–Crippen MR) is 134 cm³/mol. The van der Waals surface area contributed by atoms with Crippen molar-refractivity contribution in [2.45, 2.75) is 19.8 Å². The van der Waals surface area contributed by atoms with Crippen molar-refractivity contribution in [1.29, 1.82) is 0 Å². The summed E-state index contributed by atoms with van der Waals surface area (Å²) in [4.78, 5) is 2.31. The maximum absolute atomic E-state index is 11.2. The van der Waals surface area contributed by atoms with E-state index in [9.17, 15) is 5.11 Å². The van der Waals surface area contributed by atoms with Crippen LogP contribution in [0.15, 0.2) is 76.9 Å². The average Bonchev–Trinajstić information content (AvgIpc) is 2.86. The van der Waals surface area contributed by atoms with Gasteiger partial charge in [-0.1, -0.05) is 36.4 Å². The first-order chi connectivity index (χ1) is 16.2. The van der Waals surface area contributed by atoms with Crippen LogP contribution in [0.3, 0.4) is 0 Å². The highest BCUT2D eigenvalue weighted by molar-refractivity contribution is 6.17. The fourth-order valence-corrected chi connectivity index (χ4v) is 4.32. The number of para-hydroxylation sites is 2. The zero-order valence-electron chi connectivity index (χ0n) is 18.6. The fraction of sp³-hybridized carbons (Fsp3) is 0.231. The topological polar surface area (TPSA) is 81.5 Å². The Morgan fingerprint density at radius 1 is 0.879 bits per heavy atom. The van der Waals surface area contributed by atoms with Gasteiger partial charge >= 0.3 is 0 Å². The second-order valence-corrected chi connectivity index (χ2v) is 7.99. The summed E-state index contributed by atoms with van der Waals surface area (Å²) >= 11 is 0. The highest BCUT2D eigenvalue weighted by Crippen LogP contribution is 2.45. The van der Waals surface area contributed by atoms with Crippen LogP contribution in [0.1, 0.15) is 30.9 Å². The molecule has 33 heavy (non-hydrogen) atoms. The van der Waals surface area contributed by atoms with E-state index in [1.807, 2.05) is 73.7 Å². The lowest BCUT2D eigenvalue weighted by Gasteiger charge is -2.38. The minimum atomic E-state index is 0.131. The highest BCUT2D eigenvalue weighted by atomic mass is 16.5. The van der Waals surface area contributed by atoms with E-state index < -0.39 is 0 Å². The van der Waals surface area contributed by atoms with Gasteiger partial charge in [-0.25, -0.2) is 0 Å². The van der Waals surface area contributed by atoms with Gasteiger partial charge in [0, 0.05) is 31.5 Å². The van der Waals surface area contributed by atoms with E-state index in [1.165, 1.54) is 0 Å². The monoisotopic (exact) mass is 441 g/mol. The van der Waals surface area contributed by atoms with Crippen molar-refractivity contribution in [3.8, 4) is 11.5 Å². The highest BCUT2D eigenvalue weighted by Gasteiger charge is 2.34. The van der Waals surface area contributed by atoms with Crippen LogP contribution in [0.4, 0.5) is 17.1 Å². The molecule has 168 valence electrons. The molecule has 0 aliphatic carbocycles. The third kappa shape index (κ3) is 4.22. The minimum absolute atomic E-state index is 0.131. The maximum Gasteiger partial charge on any atom is 0.169 e. The molecule has 0 spiro atoms. The SMILES string of the molecule is CCOc1cc2c3c(c1O)/C(=N/Nc1ccccc1)CCN3CC/C2=N\Nc1ccccc1. The molecule has 0 saturated carbocycles. The van der Waals surface area contributed by atoms with E-state index in [1.54, 1.807) is 0 Å². The van der Waals surface area contributed by atoms with E-state index >= 15 is 0 Å². The summed E-state index contributed by atoms with van der Waals surface area (Å²) in [5.41, 5.74) is 12.5. The molecule has 0 amide bonds. The van der Waals surface area contributed by atoms with Crippen molar-refractivity contribution < 1.29 is 9.84 Å². The lowest BCUT2D eigenvalue weighted by atomic mass is 9.88. The van der Waals surface area contributed by atoms with Gasteiger partial charge in [-0.3, -0.25) is 10.9 Å². The molecule has 3 N–H and O–H groups in total. The van der Waals surface area contributed by atoms with Gasteiger partial charge in [0.05, 0.1) is 40.7 Å². The summed E-state index contributed by atoms with van der Waals surface area (Å²) in [6, 6.07) is 21.6. The number of nitrogens with zero attached hydrogens (tertiary/aromatic N) is 3. The number of ether oxygens (including phenoxy) is 1. The Hall–Kier alpha value is -4.00. The van der Waals surface area contributed by atoms with Crippen LogP contribution in [-0.2, 0) is 0 Å². The number of hydrogen-bond donors (Lipinski definition) is 3. The first-order valence-electron chi connectivity index (χ1n) is 11.3. The second-order valence-electron chi connectivity index (χ2n) is 7.99. The Kier molecular flexibility index (Phi) is 5.85. The van der Waals surface area contributed by atoms with Crippen molar-refractivity contribution in [1.82, 2.24) is 0 Å². The van der Waals surface area contributed by atoms with Crippen LogP contribution in [0.2, 0.25) is 0 Å². The lowest BCUT2D eigenvalue weighted by Crippen LogP contribution is -2.39. The zero-order chi connectivity index (χ0) is 22.6. The molecule has 2 aliphatic rings. The number of anilines is 3. The molecule has 3 aromatic rings. The lowest BCUT2D eigenvalue weighted by molar-refractivity contribution is 0.317. The van der Waals surface area contributed by atoms with E-state index in [0.717, 1.165) is 65.5 Å². The molecule has 0 atom stereocenters. The van der Waals surface area contributed by atoms with Crippen LogP contribution < -0.4 is 20.5 Å². The average molecular weight is 442 g/mol. The summed E-state index contributed by atoms with van der Waals surface area (Å²) in [5, 5.41) is 20.6. The summed E-state index contributed by atoms with van der Waals surface area (Å²) in [7, 11) is 0. The third-order valence-electron chi connectivity index (χ3n) is 5.88.